The fourth-order valence-corrected chi connectivity index (χ4v) is 2.55. The van der Waals surface area contributed by atoms with Crippen LogP contribution in [0.4, 0.5) is 0 Å². The lowest BCUT2D eigenvalue weighted by molar-refractivity contribution is 0.0905. The van der Waals surface area contributed by atoms with Gasteiger partial charge < -0.3 is 5.32 Å². The first kappa shape index (κ1) is 11.5. The maximum Gasteiger partial charge on any atom is 0.252 e. The van der Waals surface area contributed by atoms with Gasteiger partial charge in [0.15, 0.2) is 0 Å². The van der Waals surface area contributed by atoms with Crippen molar-refractivity contribution in [1.29, 1.82) is 0 Å². The summed E-state index contributed by atoms with van der Waals surface area (Å²) in [4.78, 5) is 12.8. The molecule has 1 aliphatic rings. The Morgan fingerprint density at radius 2 is 1.94 bits per heavy atom. The van der Waals surface area contributed by atoms with Gasteiger partial charge in [-0.25, -0.2) is 0 Å². The number of benzene rings is 1. The molecule has 1 amide bonds. The second-order valence-electron chi connectivity index (χ2n) is 4.74. The molecule has 2 nitrogen and oxygen atoms in total. The second-order valence-corrected chi connectivity index (χ2v) is 5.22. The highest BCUT2D eigenvalue weighted by molar-refractivity contribution is 7.80. The third-order valence-electron chi connectivity index (χ3n) is 3.27. The number of rotatable bonds is 2. The van der Waals surface area contributed by atoms with Crippen molar-refractivity contribution in [3.05, 3.63) is 29.8 Å². The number of thiol groups is 1. The van der Waals surface area contributed by atoms with Gasteiger partial charge in [0.1, 0.15) is 0 Å². The van der Waals surface area contributed by atoms with Gasteiger partial charge in [-0.3, -0.25) is 4.79 Å². The van der Waals surface area contributed by atoms with Crippen LogP contribution in [0.3, 0.4) is 0 Å². The number of amides is 1. The van der Waals surface area contributed by atoms with E-state index in [0.29, 0.717) is 5.56 Å². The summed E-state index contributed by atoms with van der Waals surface area (Å²) in [6.07, 6.45) is 4.57. The van der Waals surface area contributed by atoms with Crippen molar-refractivity contribution in [2.24, 2.45) is 0 Å². The van der Waals surface area contributed by atoms with E-state index in [9.17, 15) is 4.79 Å². The molecule has 1 saturated carbocycles. The summed E-state index contributed by atoms with van der Waals surface area (Å²) < 4.78 is 0. The average molecular weight is 235 g/mol. The monoisotopic (exact) mass is 235 g/mol. The predicted molar refractivity (Wildman–Crippen MR) is 68.0 cm³/mol. The first-order valence-electron chi connectivity index (χ1n) is 5.71. The highest BCUT2D eigenvalue weighted by atomic mass is 32.1. The Morgan fingerprint density at radius 1 is 1.31 bits per heavy atom. The Morgan fingerprint density at radius 3 is 2.56 bits per heavy atom. The number of hydrogen-bond acceptors (Lipinski definition) is 2. The normalized spacial score (nSPS) is 18.4. The quantitative estimate of drug-likeness (QED) is 0.758. The Labute approximate surface area is 102 Å². The average Bonchev–Trinajstić information content (AvgIpc) is 2.65. The lowest BCUT2D eigenvalue weighted by Gasteiger charge is -2.25. The van der Waals surface area contributed by atoms with Gasteiger partial charge >= 0.3 is 0 Å². The molecule has 0 atom stereocenters. The first-order valence-corrected chi connectivity index (χ1v) is 6.16. The molecule has 0 heterocycles. The Kier molecular flexibility index (Phi) is 3.24. The number of carbonyl (C=O) groups is 1. The van der Waals surface area contributed by atoms with Gasteiger partial charge in [0.25, 0.3) is 5.91 Å². The minimum Gasteiger partial charge on any atom is -0.347 e. The molecule has 16 heavy (non-hydrogen) atoms. The molecular weight excluding hydrogens is 218 g/mol. The van der Waals surface area contributed by atoms with E-state index in [1.165, 1.54) is 12.8 Å². The van der Waals surface area contributed by atoms with Crippen LogP contribution in [0, 0.1) is 0 Å². The van der Waals surface area contributed by atoms with Crippen LogP contribution in [0.25, 0.3) is 0 Å². The third kappa shape index (κ3) is 2.40. The van der Waals surface area contributed by atoms with Crippen molar-refractivity contribution in [3.8, 4) is 0 Å². The number of hydrogen-bond donors (Lipinski definition) is 2. The maximum absolute atomic E-state index is 12.1. The summed E-state index contributed by atoms with van der Waals surface area (Å²) in [6, 6.07) is 7.41. The van der Waals surface area contributed by atoms with Gasteiger partial charge in [0, 0.05) is 10.4 Å². The Balaban J connectivity index is 2.11. The summed E-state index contributed by atoms with van der Waals surface area (Å²) in [5.41, 5.74) is 0.645. The molecule has 1 aromatic rings. The van der Waals surface area contributed by atoms with Crippen LogP contribution in [0.1, 0.15) is 43.0 Å². The van der Waals surface area contributed by atoms with Crippen LogP contribution in [0.15, 0.2) is 29.2 Å². The van der Waals surface area contributed by atoms with E-state index in [4.69, 9.17) is 0 Å². The highest BCUT2D eigenvalue weighted by Crippen LogP contribution is 2.29. The summed E-state index contributed by atoms with van der Waals surface area (Å²) in [5.74, 6) is -0.00463. The molecule has 0 saturated heterocycles. The molecule has 0 spiro atoms. The summed E-state index contributed by atoms with van der Waals surface area (Å²) in [6.45, 7) is 2.12. The van der Waals surface area contributed by atoms with E-state index in [0.717, 1.165) is 17.7 Å². The zero-order valence-corrected chi connectivity index (χ0v) is 10.4. The lowest BCUT2D eigenvalue weighted by atomic mass is 10.00. The second kappa shape index (κ2) is 4.50. The molecular formula is C13H17NOS. The topological polar surface area (TPSA) is 29.1 Å². The minimum absolute atomic E-state index is 0.00463. The molecule has 0 aliphatic heterocycles. The van der Waals surface area contributed by atoms with Crippen molar-refractivity contribution in [2.75, 3.05) is 0 Å². The fourth-order valence-electron chi connectivity index (χ4n) is 2.29. The molecule has 1 N–H and O–H groups in total. The van der Waals surface area contributed by atoms with Crippen molar-refractivity contribution in [3.63, 3.8) is 0 Å². The van der Waals surface area contributed by atoms with Crippen molar-refractivity contribution >= 4 is 18.5 Å². The SMILES string of the molecule is CC1(NC(=O)c2ccccc2S)CCCC1. The van der Waals surface area contributed by atoms with Crippen LogP contribution in [-0.4, -0.2) is 11.4 Å². The van der Waals surface area contributed by atoms with E-state index in [-0.39, 0.29) is 11.4 Å². The number of nitrogens with one attached hydrogen (secondary N) is 1. The zero-order valence-electron chi connectivity index (χ0n) is 9.49. The van der Waals surface area contributed by atoms with Crippen LogP contribution in [-0.2, 0) is 0 Å². The minimum atomic E-state index is -0.0207. The molecule has 0 aromatic heterocycles. The van der Waals surface area contributed by atoms with Crippen LogP contribution < -0.4 is 5.32 Å². The highest BCUT2D eigenvalue weighted by Gasteiger charge is 2.30. The molecule has 2 rings (SSSR count). The standard InChI is InChI=1S/C13H17NOS/c1-13(8-4-5-9-13)14-12(15)10-6-2-3-7-11(10)16/h2-3,6-7,16H,4-5,8-9H2,1H3,(H,14,15). The van der Waals surface area contributed by atoms with Crippen molar-refractivity contribution < 1.29 is 4.79 Å². The van der Waals surface area contributed by atoms with Crippen LogP contribution in [0.5, 0.6) is 0 Å². The molecule has 0 radical (unpaired) electrons. The maximum atomic E-state index is 12.1. The molecule has 0 unspecified atom stereocenters. The van der Waals surface area contributed by atoms with E-state index in [1.807, 2.05) is 24.3 Å². The summed E-state index contributed by atoms with van der Waals surface area (Å²) in [7, 11) is 0. The summed E-state index contributed by atoms with van der Waals surface area (Å²) in [5, 5.41) is 3.12. The fraction of sp³-hybridized carbons (Fsp3) is 0.462. The van der Waals surface area contributed by atoms with Gasteiger partial charge in [-0.05, 0) is 31.9 Å². The van der Waals surface area contributed by atoms with Crippen LogP contribution >= 0.6 is 12.6 Å². The molecule has 0 bridgehead atoms. The third-order valence-corrected chi connectivity index (χ3v) is 3.66. The van der Waals surface area contributed by atoms with Crippen LogP contribution in [0.2, 0.25) is 0 Å². The van der Waals surface area contributed by atoms with Gasteiger partial charge in [0.2, 0.25) is 0 Å². The largest absolute Gasteiger partial charge is 0.347 e. The molecule has 1 aromatic carbocycles. The predicted octanol–water partition coefficient (Wildman–Crippen LogP) is 3.04. The smallest absolute Gasteiger partial charge is 0.252 e. The van der Waals surface area contributed by atoms with E-state index in [1.54, 1.807) is 0 Å². The number of carbonyl (C=O) groups excluding carboxylic acids is 1. The molecule has 1 aliphatic carbocycles. The molecule has 1 fully saturated rings. The van der Waals surface area contributed by atoms with Gasteiger partial charge in [-0.15, -0.1) is 12.6 Å². The van der Waals surface area contributed by atoms with Crippen molar-refractivity contribution in [2.45, 2.75) is 43.0 Å². The zero-order chi connectivity index (χ0) is 11.6. The molecule has 3 heteroatoms. The van der Waals surface area contributed by atoms with Gasteiger partial charge in [0.05, 0.1) is 5.56 Å². The Bertz CT molecular complexity index is 397. The lowest BCUT2D eigenvalue weighted by Crippen LogP contribution is -2.43. The summed E-state index contributed by atoms with van der Waals surface area (Å²) >= 11 is 4.30. The van der Waals surface area contributed by atoms with E-state index >= 15 is 0 Å². The van der Waals surface area contributed by atoms with Gasteiger partial charge in [-0.2, -0.15) is 0 Å². The molecule has 86 valence electrons. The van der Waals surface area contributed by atoms with Crippen molar-refractivity contribution in [1.82, 2.24) is 5.32 Å². The van der Waals surface area contributed by atoms with Gasteiger partial charge in [-0.1, -0.05) is 25.0 Å². The first-order chi connectivity index (χ1) is 7.61. The van der Waals surface area contributed by atoms with E-state index < -0.39 is 0 Å². The Hall–Kier alpha value is -0.960. The van der Waals surface area contributed by atoms with E-state index in [2.05, 4.69) is 24.9 Å².